The zero-order chi connectivity index (χ0) is 33.7. The third kappa shape index (κ3) is 4.67. The molecule has 0 aliphatic heterocycles. The molecule has 0 aliphatic rings. The number of hydrogen-bond acceptors (Lipinski definition) is 1. The van der Waals surface area contributed by atoms with Gasteiger partial charge < -0.3 is 14.0 Å². The Bertz CT molecular complexity index is 2790. The van der Waals surface area contributed by atoms with E-state index in [9.17, 15) is 0 Å². The van der Waals surface area contributed by atoms with Crippen molar-refractivity contribution in [3.05, 3.63) is 200 Å². The molecule has 0 bridgehead atoms. The fraction of sp³-hybridized carbons (Fsp3) is 0. The van der Waals surface area contributed by atoms with E-state index in [1.54, 1.807) is 0 Å². The first kappa shape index (κ1) is 29.1. The Morgan fingerprint density at radius 2 is 0.804 bits per heavy atom. The SMILES string of the molecule is c1ccc(N(c2ccccc2)c2cccc(-c3cc4c5ccccc5n(-c5ccccc5)c4c4c3c3ccccc3n4-c3ccccc3)c2)cc1. The van der Waals surface area contributed by atoms with Gasteiger partial charge in [-0.1, -0.05) is 121 Å². The Labute approximate surface area is 296 Å². The maximum Gasteiger partial charge on any atom is 0.0795 e. The molecule has 0 saturated carbocycles. The van der Waals surface area contributed by atoms with Gasteiger partial charge in [-0.25, -0.2) is 0 Å². The van der Waals surface area contributed by atoms with Crippen LogP contribution in [0, 0.1) is 0 Å². The molecule has 0 N–H and O–H groups in total. The lowest BCUT2D eigenvalue weighted by atomic mass is 9.96. The van der Waals surface area contributed by atoms with Crippen molar-refractivity contribution in [1.82, 2.24) is 9.13 Å². The van der Waals surface area contributed by atoms with Crippen LogP contribution in [-0.4, -0.2) is 9.13 Å². The quantitative estimate of drug-likeness (QED) is 0.174. The molecule has 0 aliphatic carbocycles. The zero-order valence-corrected chi connectivity index (χ0v) is 27.9. The molecule has 51 heavy (non-hydrogen) atoms. The van der Waals surface area contributed by atoms with Gasteiger partial charge >= 0.3 is 0 Å². The predicted octanol–water partition coefficient (Wildman–Crippen LogP) is 13.0. The van der Waals surface area contributed by atoms with E-state index < -0.39 is 0 Å². The second-order valence-electron chi connectivity index (χ2n) is 13.0. The van der Waals surface area contributed by atoms with E-state index in [1.807, 2.05) is 0 Å². The van der Waals surface area contributed by atoms with Gasteiger partial charge in [-0.15, -0.1) is 0 Å². The first-order valence-electron chi connectivity index (χ1n) is 17.5. The number of benzene rings is 8. The number of nitrogens with zero attached hydrogens (tertiary/aromatic N) is 3. The van der Waals surface area contributed by atoms with E-state index in [2.05, 4.69) is 214 Å². The van der Waals surface area contributed by atoms with Crippen LogP contribution in [0.3, 0.4) is 0 Å². The molecule has 2 heterocycles. The molecule has 0 spiro atoms. The van der Waals surface area contributed by atoms with Gasteiger partial charge in [-0.05, 0) is 90.0 Å². The van der Waals surface area contributed by atoms with Crippen LogP contribution in [0.4, 0.5) is 17.1 Å². The smallest absolute Gasteiger partial charge is 0.0795 e. The number of para-hydroxylation sites is 6. The zero-order valence-electron chi connectivity index (χ0n) is 27.9. The first-order valence-corrected chi connectivity index (χ1v) is 17.5. The van der Waals surface area contributed by atoms with Crippen LogP contribution in [0.5, 0.6) is 0 Å². The highest BCUT2D eigenvalue weighted by molar-refractivity contribution is 6.28. The molecule has 3 nitrogen and oxygen atoms in total. The van der Waals surface area contributed by atoms with Crippen LogP contribution in [-0.2, 0) is 0 Å². The molecular weight excluding hydrogens is 619 g/mol. The highest BCUT2D eigenvalue weighted by Gasteiger charge is 2.24. The van der Waals surface area contributed by atoms with Crippen molar-refractivity contribution in [3.8, 4) is 22.5 Å². The predicted molar refractivity (Wildman–Crippen MR) is 215 cm³/mol. The first-order chi connectivity index (χ1) is 25.3. The molecular formula is C48H33N3. The van der Waals surface area contributed by atoms with E-state index in [4.69, 9.17) is 0 Å². The van der Waals surface area contributed by atoms with Crippen molar-refractivity contribution in [2.75, 3.05) is 4.90 Å². The summed E-state index contributed by atoms with van der Waals surface area (Å²) in [5.41, 5.74) is 12.8. The van der Waals surface area contributed by atoms with Gasteiger partial charge in [0.05, 0.1) is 22.1 Å². The standard InChI is InChI=1S/C48H33N3/c1-5-19-35(20-6-1)49(36-21-7-2-8-22-36)39-27-17-18-34(32-39)42-33-43-40-28-13-15-30-44(40)50(37-23-9-3-10-24-37)47(43)48-46(42)41-29-14-16-31-45(41)51(48)38-25-11-4-12-26-38/h1-33H. The summed E-state index contributed by atoms with van der Waals surface area (Å²) in [7, 11) is 0. The van der Waals surface area contributed by atoms with Crippen molar-refractivity contribution in [2.24, 2.45) is 0 Å². The van der Waals surface area contributed by atoms with Gasteiger partial charge in [0.1, 0.15) is 0 Å². The van der Waals surface area contributed by atoms with Crippen molar-refractivity contribution < 1.29 is 0 Å². The Balaban J connectivity index is 1.36. The fourth-order valence-electron chi connectivity index (χ4n) is 7.93. The van der Waals surface area contributed by atoms with E-state index in [0.29, 0.717) is 0 Å². The Morgan fingerprint density at radius 1 is 0.333 bits per heavy atom. The molecule has 8 aromatic carbocycles. The molecule has 0 unspecified atom stereocenters. The molecule has 0 fully saturated rings. The molecule has 0 radical (unpaired) electrons. The summed E-state index contributed by atoms with van der Waals surface area (Å²) >= 11 is 0. The molecule has 10 aromatic rings. The molecule has 0 saturated heterocycles. The minimum Gasteiger partial charge on any atom is -0.310 e. The number of hydrogen-bond donors (Lipinski definition) is 0. The topological polar surface area (TPSA) is 13.1 Å². The summed E-state index contributed by atoms with van der Waals surface area (Å²) in [5.74, 6) is 0. The number of rotatable bonds is 6. The van der Waals surface area contributed by atoms with Gasteiger partial charge in [0, 0.05) is 50.0 Å². The average Bonchev–Trinajstić information content (AvgIpc) is 3.73. The van der Waals surface area contributed by atoms with Crippen LogP contribution in [0.15, 0.2) is 200 Å². The van der Waals surface area contributed by atoms with Gasteiger partial charge in [0.15, 0.2) is 0 Å². The maximum atomic E-state index is 2.47. The maximum absolute atomic E-state index is 2.47. The lowest BCUT2D eigenvalue weighted by molar-refractivity contribution is 1.15. The molecule has 3 heteroatoms. The number of aromatic nitrogens is 2. The Hall–Kier alpha value is -6.84. The van der Waals surface area contributed by atoms with Gasteiger partial charge in [0.25, 0.3) is 0 Å². The second kappa shape index (κ2) is 11.9. The largest absolute Gasteiger partial charge is 0.310 e. The lowest BCUT2D eigenvalue weighted by Gasteiger charge is -2.26. The van der Waals surface area contributed by atoms with E-state index in [0.717, 1.165) is 28.4 Å². The highest BCUT2D eigenvalue weighted by atomic mass is 15.1. The van der Waals surface area contributed by atoms with Gasteiger partial charge in [0.2, 0.25) is 0 Å². The Morgan fingerprint density at radius 3 is 1.41 bits per heavy atom. The summed E-state index contributed by atoms with van der Waals surface area (Å²) in [4.78, 5) is 2.34. The van der Waals surface area contributed by atoms with Gasteiger partial charge in [-0.2, -0.15) is 0 Å². The summed E-state index contributed by atoms with van der Waals surface area (Å²) < 4.78 is 4.93. The molecule has 0 amide bonds. The van der Waals surface area contributed by atoms with Gasteiger partial charge in [-0.3, -0.25) is 0 Å². The minimum atomic E-state index is 1.11. The molecule has 240 valence electrons. The molecule has 2 aromatic heterocycles. The van der Waals surface area contributed by atoms with Crippen LogP contribution < -0.4 is 4.90 Å². The fourth-order valence-corrected chi connectivity index (χ4v) is 7.93. The summed E-state index contributed by atoms with van der Waals surface area (Å²) in [5, 5.41) is 4.93. The minimum absolute atomic E-state index is 1.11. The van der Waals surface area contributed by atoms with Crippen molar-refractivity contribution in [2.45, 2.75) is 0 Å². The number of anilines is 3. The van der Waals surface area contributed by atoms with Crippen molar-refractivity contribution in [3.63, 3.8) is 0 Å². The van der Waals surface area contributed by atoms with Crippen LogP contribution in [0.2, 0.25) is 0 Å². The van der Waals surface area contributed by atoms with Crippen LogP contribution >= 0.6 is 0 Å². The third-order valence-corrected chi connectivity index (χ3v) is 10.0. The molecule has 10 rings (SSSR count). The van der Waals surface area contributed by atoms with Crippen molar-refractivity contribution in [1.29, 1.82) is 0 Å². The summed E-state index contributed by atoms with van der Waals surface area (Å²) in [6, 6.07) is 72.0. The van der Waals surface area contributed by atoms with Crippen LogP contribution in [0.1, 0.15) is 0 Å². The Kier molecular flexibility index (Phi) is 6.81. The van der Waals surface area contributed by atoms with Crippen LogP contribution in [0.25, 0.3) is 66.1 Å². The monoisotopic (exact) mass is 651 g/mol. The van der Waals surface area contributed by atoms with Crippen molar-refractivity contribution >= 4 is 60.7 Å². The second-order valence-corrected chi connectivity index (χ2v) is 13.0. The summed E-state index contributed by atoms with van der Waals surface area (Å²) in [6.45, 7) is 0. The van der Waals surface area contributed by atoms with E-state index >= 15 is 0 Å². The average molecular weight is 652 g/mol. The van der Waals surface area contributed by atoms with E-state index in [1.165, 1.54) is 54.7 Å². The lowest BCUT2D eigenvalue weighted by Crippen LogP contribution is -2.09. The van der Waals surface area contributed by atoms with E-state index in [-0.39, 0.29) is 0 Å². The number of fused-ring (bicyclic) bond motifs is 7. The highest BCUT2D eigenvalue weighted by Crippen LogP contribution is 2.47. The molecule has 0 atom stereocenters. The summed E-state index contributed by atoms with van der Waals surface area (Å²) in [6.07, 6.45) is 0. The normalized spacial score (nSPS) is 11.5. The third-order valence-electron chi connectivity index (χ3n) is 10.0.